The van der Waals surface area contributed by atoms with Crippen molar-refractivity contribution in [3.05, 3.63) is 60.0 Å². The molecule has 2 aliphatic carbocycles. The number of hydrogen-bond acceptors (Lipinski definition) is 6. The molecule has 1 unspecified atom stereocenters. The van der Waals surface area contributed by atoms with Crippen LogP contribution >= 0.6 is 0 Å². The van der Waals surface area contributed by atoms with E-state index in [0.717, 1.165) is 43.0 Å². The summed E-state index contributed by atoms with van der Waals surface area (Å²) >= 11 is 0. The lowest BCUT2D eigenvalue weighted by atomic mass is 9.75. The van der Waals surface area contributed by atoms with Crippen LogP contribution in [0.2, 0.25) is 0 Å². The molecular weight excluding hydrogens is 414 g/mol. The number of nitrogens with two attached hydrogens (primary N) is 1. The molecule has 4 N–H and O–H groups in total. The molecule has 1 fully saturated rings. The van der Waals surface area contributed by atoms with Crippen molar-refractivity contribution in [1.29, 1.82) is 0 Å². The Kier molecular flexibility index (Phi) is 6.70. The first-order chi connectivity index (χ1) is 15.7. The standard InChI is InChI=1S/C26H37N5O2/c1-26(2,3)33-25(32)31(22-9-10-23-19(15-22)16-24(23)27)17-18-11-13-30(14-12-18)21-7-5-20(6-8-21)29-28-4/h5-10,15-16,18-19,23,28-29H,11-14,17,27H2,1-4H3/t19?,23-/m1/s1. The van der Waals surface area contributed by atoms with Gasteiger partial charge in [-0.25, -0.2) is 10.2 Å². The highest BCUT2D eigenvalue weighted by Crippen LogP contribution is 2.38. The highest BCUT2D eigenvalue weighted by molar-refractivity contribution is 5.71. The third-order valence-corrected chi connectivity index (χ3v) is 6.50. The molecule has 0 bridgehead atoms. The second-order valence-electron chi connectivity index (χ2n) is 10.2. The van der Waals surface area contributed by atoms with Crippen molar-refractivity contribution in [3.63, 3.8) is 0 Å². The zero-order valence-electron chi connectivity index (χ0n) is 20.2. The summed E-state index contributed by atoms with van der Waals surface area (Å²) < 4.78 is 5.77. The Balaban J connectivity index is 1.40. The van der Waals surface area contributed by atoms with Crippen LogP contribution in [0.3, 0.4) is 0 Å². The molecule has 1 aliphatic heterocycles. The van der Waals surface area contributed by atoms with Crippen LogP contribution in [0.25, 0.3) is 0 Å². The lowest BCUT2D eigenvalue weighted by Crippen LogP contribution is -2.43. The van der Waals surface area contributed by atoms with Crippen molar-refractivity contribution in [2.45, 2.75) is 39.2 Å². The minimum atomic E-state index is -0.532. The fourth-order valence-corrected chi connectivity index (χ4v) is 4.70. The summed E-state index contributed by atoms with van der Waals surface area (Å²) in [7, 11) is 1.86. The van der Waals surface area contributed by atoms with E-state index in [-0.39, 0.29) is 17.9 Å². The Hall–Kier alpha value is -2.93. The Morgan fingerprint density at radius 2 is 1.88 bits per heavy atom. The van der Waals surface area contributed by atoms with E-state index in [9.17, 15) is 4.79 Å². The molecule has 1 aromatic carbocycles. The first kappa shape index (κ1) is 23.2. The van der Waals surface area contributed by atoms with Gasteiger partial charge < -0.3 is 20.8 Å². The van der Waals surface area contributed by atoms with E-state index < -0.39 is 5.60 Å². The summed E-state index contributed by atoms with van der Waals surface area (Å²) in [5.41, 5.74) is 15.6. The number of nitrogens with one attached hydrogen (secondary N) is 2. The zero-order chi connectivity index (χ0) is 23.6. The zero-order valence-corrected chi connectivity index (χ0v) is 20.2. The lowest BCUT2D eigenvalue weighted by Gasteiger charge is -2.39. The summed E-state index contributed by atoms with van der Waals surface area (Å²) in [6, 6.07) is 8.47. The van der Waals surface area contributed by atoms with Crippen molar-refractivity contribution < 1.29 is 9.53 Å². The van der Waals surface area contributed by atoms with Crippen LogP contribution in [0.15, 0.2) is 60.0 Å². The van der Waals surface area contributed by atoms with Crippen LogP contribution in [0, 0.1) is 17.8 Å². The van der Waals surface area contributed by atoms with E-state index in [1.807, 2.05) is 38.8 Å². The average molecular weight is 452 g/mol. The fraction of sp³-hybridized carbons (Fsp3) is 0.500. The van der Waals surface area contributed by atoms with Gasteiger partial charge in [0, 0.05) is 61.3 Å². The van der Waals surface area contributed by atoms with Gasteiger partial charge in [-0.15, -0.1) is 0 Å². The molecule has 0 radical (unpaired) electrons. The molecule has 3 aliphatic rings. The Morgan fingerprint density at radius 3 is 2.45 bits per heavy atom. The topological polar surface area (TPSA) is 82.9 Å². The van der Waals surface area contributed by atoms with Gasteiger partial charge in [0.25, 0.3) is 0 Å². The molecule has 4 rings (SSSR count). The van der Waals surface area contributed by atoms with E-state index in [1.165, 1.54) is 5.69 Å². The number of fused-ring (bicyclic) bond motifs is 1. The molecule has 7 nitrogen and oxygen atoms in total. The molecule has 1 saturated heterocycles. The first-order valence-electron chi connectivity index (χ1n) is 11.9. The summed E-state index contributed by atoms with van der Waals surface area (Å²) in [5, 5.41) is 0. The van der Waals surface area contributed by atoms with Gasteiger partial charge in [-0.2, -0.15) is 0 Å². The minimum Gasteiger partial charge on any atom is -0.443 e. The molecule has 1 aromatic rings. The molecule has 1 heterocycles. The number of rotatable bonds is 6. The number of hydrogen-bond donors (Lipinski definition) is 3. The fourth-order valence-electron chi connectivity index (χ4n) is 4.70. The van der Waals surface area contributed by atoms with Crippen molar-refractivity contribution in [3.8, 4) is 0 Å². The van der Waals surface area contributed by atoms with E-state index in [4.69, 9.17) is 10.5 Å². The SMILES string of the molecule is CNNc1ccc(N2CCC(CN(C(=O)OC(C)(C)C)C3=CC4C=C(N)[C@@H]4C=C3)CC2)cc1. The molecule has 7 heteroatoms. The van der Waals surface area contributed by atoms with Crippen molar-refractivity contribution in [2.24, 2.45) is 23.5 Å². The maximum atomic E-state index is 13.1. The number of carbonyl (C=O) groups is 1. The number of allylic oxidation sites excluding steroid dienone is 4. The van der Waals surface area contributed by atoms with Gasteiger partial charge in [0.05, 0.1) is 0 Å². The maximum absolute atomic E-state index is 13.1. The van der Waals surface area contributed by atoms with Crippen LogP contribution in [-0.2, 0) is 4.74 Å². The van der Waals surface area contributed by atoms with Gasteiger partial charge in [0.1, 0.15) is 5.60 Å². The average Bonchev–Trinajstić information content (AvgIpc) is 2.76. The molecule has 0 spiro atoms. The second-order valence-corrected chi connectivity index (χ2v) is 10.2. The third kappa shape index (κ3) is 5.53. The maximum Gasteiger partial charge on any atom is 0.414 e. The number of amides is 1. The quantitative estimate of drug-likeness (QED) is 0.562. The second kappa shape index (κ2) is 9.51. The highest BCUT2D eigenvalue weighted by atomic mass is 16.6. The predicted octanol–water partition coefficient (Wildman–Crippen LogP) is 4.23. The summed E-state index contributed by atoms with van der Waals surface area (Å²) in [4.78, 5) is 17.4. The predicted molar refractivity (Wildman–Crippen MR) is 133 cm³/mol. The lowest BCUT2D eigenvalue weighted by molar-refractivity contribution is 0.0287. The van der Waals surface area contributed by atoms with E-state index in [0.29, 0.717) is 12.5 Å². The van der Waals surface area contributed by atoms with Crippen LogP contribution in [0.1, 0.15) is 33.6 Å². The third-order valence-electron chi connectivity index (χ3n) is 6.50. The number of anilines is 2. The number of piperidine rings is 1. The number of benzene rings is 1. The van der Waals surface area contributed by atoms with E-state index >= 15 is 0 Å². The molecular formula is C26H37N5O2. The van der Waals surface area contributed by atoms with E-state index in [2.05, 4.69) is 58.2 Å². The Morgan fingerprint density at radius 1 is 1.18 bits per heavy atom. The number of nitrogens with zero attached hydrogens (tertiary/aromatic N) is 2. The van der Waals surface area contributed by atoms with Crippen molar-refractivity contribution in [2.75, 3.05) is 37.0 Å². The van der Waals surface area contributed by atoms with Crippen LogP contribution in [0.5, 0.6) is 0 Å². The highest BCUT2D eigenvalue weighted by Gasteiger charge is 2.34. The molecule has 1 amide bonds. The Bertz CT molecular complexity index is 936. The number of carbonyl (C=O) groups excluding carboxylic acids is 1. The molecule has 0 saturated carbocycles. The molecule has 178 valence electrons. The van der Waals surface area contributed by atoms with Crippen LogP contribution < -0.4 is 21.5 Å². The first-order valence-corrected chi connectivity index (χ1v) is 11.9. The molecule has 0 aromatic heterocycles. The van der Waals surface area contributed by atoms with Crippen molar-refractivity contribution in [1.82, 2.24) is 10.3 Å². The van der Waals surface area contributed by atoms with E-state index in [1.54, 1.807) is 0 Å². The van der Waals surface area contributed by atoms with Gasteiger partial charge in [0.2, 0.25) is 0 Å². The monoisotopic (exact) mass is 451 g/mol. The minimum absolute atomic E-state index is 0.271. The van der Waals surface area contributed by atoms with Crippen molar-refractivity contribution >= 4 is 17.5 Å². The summed E-state index contributed by atoms with van der Waals surface area (Å²) in [6.07, 6.45) is 10.2. The molecule has 2 atom stereocenters. The van der Waals surface area contributed by atoms with Gasteiger partial charge in [-0.1, -0.05) is 18.2 Å². The molecule has 33 heavy (non-hydrogen) atoms. The van der Waals surface area contributed by atoms with Gasteiger partial charge in [0.15, 0.2) is 0 Å². The van der Waals surface area contributed by atoms with Gasteiger partial charge >= 0.3 is 6.09 Å². The van der Waals surface area contributed by atoms with Gasteiger partial charge in [-0.3, -0.25) is 4.90 Å². The van der Waals surface area contributed by atoms with Crippen LogP contribution in [-0.4, -0.2) is 43.3 Å². The largest absolute Gasteiger partial charge is 0.443 e. The summed E-state index contributed by atoms with van der Waals surface area (Å²) in [6.45, 7) is 8.36. The Labute approximate surface area is 197 Å². The summed E-state index contributed by atoms with van der Waals surface area (Å²) in [5.74, 6) is 0.970. The normalized spacial score (nSPS) is 22.6. The number of ether oxygens (including phenoxy) is 1. The number of hydrazine groups is 1. The van der Waals surface area contributed by atoms with Gasteiger partial charge in [-0.05, 0) is 69.9 Å². The van der Waals surface area contributed by atoms with Crippen LogP contribution in [0.4, 0.5) is 16.2 Å². The smallest absolute Gasteiger partial charge is 0.414 e.